The molecule has 98 valence electrons. The van der Waals surface area contributed by atoms with Gasteiger partial charge >= 0.3 is 0 Å². The first-order valence-electron chi connectivity index (χ1n) is 5.98. The highest BCUT2D eigenvalue weighted by molar-refractivity contribution is 7.10. The lowest BCUT2D eigenvalue weighted by atomic mass is 10.1. The molecule has 2 aromatic rings. The molecule has 0 bridgehead atoms. The quantitative estimate of drug-likeness (QED) is 0.835. The predicted molar refractivity (Wildman–Crippen MR) is 81.5 cm³/mol. The van der Waals surface area contributed by atoms with Crippen molar-refractivity contribution < 1.29 is 4.79 Å². The molecule has 0 unspecified atom stereocenters. The van der Waals surface area contributed by atoms with E-state index in [2.05, 4.69) is 5.32 Å². The summed E-state index contributed by atoms with van der Waals surface area (Å²) in [5.74, 6) is -0.0737. The Morgan fingerprint density at radius 3 is 2.95 bits per heavy atom. The third-order valence-electron chi connectivity index (χ3n) is 2.54. The molecule has 0 saturated carbocycles. The van der Waals surface area contributed by atoms with Crippen molar-refractivity contribution in [1.29, 1.82) is 0 Å². The van der Waals surface area contributed by atoms with Crippen LogP contribution in [0.25, 0.3) is 6.08 Å². The van der Waals surface area contributed by atoms with Crippen molar-refractivity contribution in [3.63, 3.8) is 0 Å². The highest BCUT2D eigenvalue weighted by Gasteiger charge is 1.97. The number of benzene rings is 1. The van der Waals surface area contributed by atoms with Crippen LogP contribution in [0.5, 0.6) is 0 Å². The fraction of sp³-hybridized carbons (Fsp3) is 0.133. The molecule has 1 N–H and O–H groups in total. The molecule has 0 saturated heterocycles. The first-order chi connectivity index (χ1) is 9.24. The molecule has 0 radical (unpaired) electrons. The van der Waals surface area contributed by atoms with E-state index in [1.165, 1.54) is 0 Å². The van der Waals surface area contributed by atoms with Crippen LogP contribution >= 0.6 is 22.9 Å². The van der Waals surface area contributed by atoms with Gasteiger partial charge in [-0.2, -0.15) is 0 Å². The van der Waals surface area contributed by atoms with E-state index < -0.39 is 0 Å². The van der Waals surface area contributed by atoms with Crippen molar-refractivity contribution in [3.8, 4) is 0 Å². The summed E-state index contributed by atoms with van der Waals surface area (Å²) >= 11 is 7.50. The maximum absolute atomic E-state index is 11.6. The Labute approximate surface area is 121 Å². The first kappa shape index (κ1) is 13.8. The number of thiophene rings is 1. The average Bonchev–Trinajstić information content (AvgIpc) is 2.89. The summed E-state index contributed by atoms with van der Waals surface area (Å²) in [6, 6.07) is 11.6. The van der Waals surface area contributed by atoms with Crippen molar-refractivity contribution in [2.45, 2.75) is 6.42 Å². The van der Waals surface area contributed by atoms with Crippen LogP contribution in [0.3, 0.4) is 0 Å². The smallest absolute Gasteiger partial charge is 0.244 e. The average molecular weight is 292 g/mol. The Morgan fingerprint density at radius 2 is 2.21 bits per heavy atom. The summed E-state index contributed by atoms with van der Waals surface area (Å²) in [7, 11) is 0. The monoisotopic (exact) mass is 291 g/mol. The van der Waals surface area contributed by atoms with Gasteiger partial charge in [0.15, 0.2) is 0 Å². The molecule has 2 rings (SSSR count). The lowest BCUT2D eigenvalue weighted by Gasteiger charge is -2.03. The van der Waals surface area contributed by atoms with Gasteiger partial charge in [0.05, 0.1) is 0 Å². The zero-order valence-electron chi connectivity index (χ0n) is 10.3. The molecule has 0 spiro atoms. The highest BCUT2D eigenvalue weighted by Crippen LogP contribution is 2.11. The highest BCUT2D eigenvalue weighted by atomic mass is 35.5. The molecule has 19 heavy (non-hydrogen) atoms. The Kier molecular flexibility index (Phi) is 5.19. The Hall–Kier alpha value is -1.58. The number of halogens is 1. The third kappa shape index (κ3) is 4.89. The minimum absolute atomic E-state index is 0.0737. The lowest BCUT2D eigenvalue weighted by molar-refractivity contribution is -0.116. The summed E-state index contributed by atoms with van der Waals surface area (Å²) in [5, 5.41) is 5.56. The lowest BCUT2D eigenvalue weighted by Crippen LogP contribution is -2.23. The standard InChI is InChI=1S/C15H14ClNOS/c16-13-4-1-3-12(11-13)8-9-17-15(18)7-6-14-5-2-10-19-14/h1-7,10-11H,8-9H2,(H,17,18). The van der Waals surface area contributed by atoms with Crippen LogP contribution in [0.4, 0.5) is 0 Å². The maximum Gasteiger partial charge on any atom is 0.244 e. The third-order valence-corrected chi connectivity index (χ3v) is 3.62. The summed E-state index contributed by atoms with van der Waals surface area (Å²) in [6.07, 6.45) is 4.16. The van der Waals surface area contributed by atoms with Crippen LogP contribution in [-0.4, -0.2) is 12.5 Å². The molecule has 1 heterocycles. The predicted octanol–water partition coefficient (Wildman–Crippen LogP) is 3.77. The molecule has 1 amide bonds. The molecule has 0 fully saturated rings. The summed E-state index contributed by atoms with van der Waals surface area (Å²) in [6.45, 7) is 0.605. The van der Waals surface area contributed by atoms with E-state index in [1.54, 1.807) is 17.4 Å². The summed E-state index contributed by atoms with van der Waals surface area (Å²) < 4.78 is 0. The number of nitrogens with one attached hydrogen (secondary N) is 1. The van der Waals surface area contributed by atoms with Crippen LogP contribution < -0.4 is 5.32 Å². The van der Waals surface area contributed by atoms with Gasteiger partial charge in [-0.05, 0) is 41.6 Å². The Balaban J connectivity index is 1.75. The first-order valence-corrected chi connectivity index (χ1v) is 7.24. The van der Waals surface area contributed by atoms with Gasteiger partial charge in [-0.25, -0.2) is 0 Å². The van der Waals surface area contributed by atoms with Crippen LogP contribution in [-0.2, 0) is 11.2 Å². The van der Waals surface area contributed by atoms with Gasteiger partial charge in [-0.15, -0.1) is 11.3 Å². The van der Waals surface area contributed by atoms with Crippen LogP contribution in [0.1, 0.15) is 10.4 Å². The molecule has 2 nitrogen and oxygen atoms in total. The van der Waals surface area contributed by atoms with E-state index in [1.807, 2.05) is 47.9 Å². The Bertz CT molecular complexity index is 563. The number of carbonyl (C=O) groups is 1. The summed E-state index contributed by atoms with van der Waals surface area (Å²) in [4.78, 5) is 12.7. The zero-order valence-corrected chi connectivity index (χ0v) is 11.9. The number of amides is 1. The van der Waals surface area contributed by atoms with Gasteiger partial charge in [0.2, 0.25) is 5.91 Å². The van der Waals surface area contributed by atoms with Gasteiger partial charge < -0.3 is 5.32 Å². The number of hydrogen-bond acceptors (Lipinski definition) is 2. The second kappa shape index (κ2) is 7.12. The van der Waals surface area contributed by atoms with E-state index in [9.17, 15) is 4.79 Å². The van der Waals surface area contributed by atoms with E-state index in [-0.39, 0.29) is 5.91 Å². The second-order valence-corrected chi connectivity index (χ2v) is 5.44. The molecule has 4 heteroatoms. The molecule has 0 atom stereocenters. The van der Waals surface area contributed by atoms with Gasteiger partial charge in [-0.1, -0.05) is 29.8 Å². The van der Waals surface area contributed by atoms with Crippen LogP contribution in [0.15, 0.2) is 47.9 Å². The Morgan fingerprint density at radius 1 is 1.32 bits per heavy atom. The molecule has 1 aromatic heterocycles. The topological polar surface area (TPSA) is 29.1 Å². The van der Waals surface area contributed by atoms with Gasteiger partial charge in [0.25, 0.3) is 0 Å². The van der Waals surface area contributed by atoms with Crippen molar-refractivity contribution in [2.75, 3.05) is 6.54 Å². The van der Waals surface area contributed by atoms with Crippen molar-refractivity contribution in [2.24, 2.45) is 0 Å². The second-order valence-electron chi connectivity index (χ2n) is 4.02. The van der Waals surface area contributed by atoms with E-state index >= 15 is 0 Å². The molecule has 0 aliphatic rings. The van der Waals surface area contributed by atoms with Gasteiger partial charge in [-0.3, -0.25) is 4.79 Å². The van der Waals surface area contributed by atoms with Crippen molar-refractivity contribution >= 4 is 34.9 Å². The van der Waals surface area contributed by atoms with E-state index in [4.69, 9.17) is 11.6 Å². The fourth-order valence-electron chi connectivity index (χ4n) is 1.63. The van der Waals surface area contributed by atoms with Gasteiger partial charge in [0, 0.05) is 22.5 Å². The van der Waals surface area contributed by atoms with Crippen molar-refractivity contribution in [1.82, 2.24) is 5.32 Å². The number of carbonyl (C=O) groups excluding carboxylic acids is 1. The molecule has 0 aliphatic heterocycles. The van der Waals surface area contributed by atoms with E-state index in [0.717, 1.165) is 21.9 Å². The normalized spacial score (nSPS) is 10.8. The number of rotatable bonds is 5. The SMILES string of the molecule is O=C(C=Cc1cccs1)NCCc1cccc(Cl)c1. The fourth-order valence-corrected chi connectivity index (χ4v) is 2.46. The van der Waals surface area contributed by atoms with Crippen molar-refractivity contribution in [3.05, 3.63) is 63.3 Å². The van der Waals surface area contributed by atoms with Crippen LogP contribution in [0, 0.1) is 0 Å². The molecule has 0 aliphatic carbocycles. The molecule has 1 aromatic carbocycles. The largest absolute Gasteiger partial charge is 0.352 e. The molecular weight excluding hydrogens is 278 g/mol. The molecular formula is C15H14ClNOS. The van der Waals surface area contributed by atoms with Crippen LogP contribution in [0.2, 0.25) is 5.02 Å². The minimum atomic E-state index is -0.0737. The summed E-state index contributed by atoms with van der Waals surface area (Å²) in [5.41, 5.74) is 1.12. The van der Waals surface area contributed by atoms with E-state index in [0.29, 0.717) is 6.54 Å². The zero-order chi connectivity index (χ0) is 13.5. The number of hydrogen-bond donors (Lipinski definition) is 1. The van der Waals surface area contributed by atoms with Gasteiger partial charge in [0.1, 0.15) is 0 Å². The minimum Gasteiger partial charge on any atom is -0.352 e. The maximum atomic E-state index is 11.6.